The quantitative estimate of drug-likeness (QED) is 0.609. The molecule has 1 N–H and O–H groups in total. The van der Waals surface area contributed by atoms with Gasteiger partial charge in [-0.15, -0.1) is 0 Å². The summed E-state index contributed by atoms with van der Waals surface area (Å²) in [6.45, 7) is 12.8. The van der Waals surface area contributed by atoms with Gasteiger partial charge in [-0.1, -0.05) is 12.1 Å². The van der Waals surface area contributed by atoms with Crippen LogP contribution in [0.5, 0.6) is 11.5 Å². The van der Waals surface area contributed by atoms with E-state index in [1.807, 2.05) is 12.1 Å². The summed E-state index contributed by atoms with van der Waals surface area (Å²) in [5.74, 6) is 1.60. The first-order valence-electron chi connectivity index (χ1n) is 15.2. The van der Waals surface area contributed by atoms with Gasteiger partial charge in [0, 0.05) is 86.6 Å². The number of para-hydroxylation sites is 1. The van der Waals surface area contributed by atoms with E-state index in [9.17, 15) is 9.59 Å². The molecule has 2 aromatic rings. The van der Waals surface area contributed by atoms with Crippen LogP contribution < -0.4 is 14.8 Å². The maximum Gasteiger partial charge on any atom is 0.239 e. The number of benzene rings is 1. The molecule has 0 radical (unpaired) electrons. The van der Waals surface area contributed by atoms with Gasteiger partial charge in [-0.05, 0) is 46.1 Å². The van der Waals surface area contributed by atoms with Crippen molar-refractivity contribution in [2.45, 2.75) is 59.0 Å². The zero-order valence-corrected chi connectivity index (χ0v) is 24.6. The van der Waals surface area contributed by atoms with E-state index >= 15 is 0 Å². The van der Waals surface area contributed by atoms with Crippen molar-refractivity contribution in [2.24, 2.45) is 11.3 Å². The van der Waals surface area contributed by atoms with Crippen molar-refractivity contribution < 1.29 is 23.8 Å². The van der Waals surface area contributed by atoms with E-state index in [4.69, 9.17) is 19.3 Å². The zero-order valence-electron chi connectivity index (χ0n) is 24.6. The number of carbonyl (C=O) groups is 2. The fourth-order valence-electron chi connectivity index (χ4n) is 7.19. The normalized spacial score (nSPS) is 25.7. The smallest absolute Gasteiger partial charge is 0.239 e. The van der Waals surface area contributed by atoms with Gasteiger partial charge in [-0.3, -0.25) is 19.2 Å². The molecule has 10 heteroatoms. The Bertz CT molecular complexity index is 1290. The minimum atomic E-state index is -0.288. The molecule has 222 valence electrons. The number of aryl methyl sites for hydroxylation is 2. The largest absolute Gasteiger partial charge is 0.490 e. The molecule has 2 saturated heterocycles. The number of nitrogens with zero attached hydrogens (tertiary/aromatic N) is 4. The molecular weight excluding hydrogens is 522 g/mol. The number of aromatic nitrogens is 2. The van der Waals surface area contributed by atoms with Crippen molar-refractivity contribution in [3.8, 4) is 11.5 Å². The van der Waals surface area contributed by atoms with Gasteiger partial charge in [0.2, 0.25) is 11.8 Å². The van der Waals surface area contributed by atoms with Crippen LogP contribution in [0.1, 0.15) is 54.6 Å². The van der Waals surface area contributed by atoms with Gasteiger partial charge in [0.1, 0.15) is 0 Å². The molecule has 5 aliphatic heterocycles. The van der Waals surface area contributed by atoms with Crippen LogP contribution in [-0.4, -0.2) is 90.5 Å². The van der Waals surface area contributed by atoms with Gasteiger partial charge >= 0.3 is 0 Å². The van der Waals surface area contributed by atoms with Gasteiger partial charge < -0.3 is 24.4 Å². The molecule has 10 nitrogen and oxygen atoms in total. The van der Waals surface area contributed by atoms with Crippen molar-refractivity contribution >= 4 is 11.8 Å². The highest BCUT2D eigenvalue weighted by molar-refractivity contribution is 5.86. The second-order valence-electron chi connectivity index (χ2n) is 12.1. The summed E-state index contributed by atoms with van der Waals surface area (Å²) in [5, 5.41) is 7.97. The minimum Gasteiger partial charge on any atom is -0.490 e. The molecule has 4 bridgehead atoms. The highest BCUT2D eigenvalue weighted by atomic mass is 16.5. The fourth-order valence-corrected chi connectivity index (χ4v) is 7.19. The van der Waals surface area contributed by atoms with E-state index < -0.39 is 0 Å². The first kappa shape index (κ1) is 28.0. The second-order valence-corrected chi connectivity index (χ2v) is 12.1. The van der Waals surface area contributed by atoms with Crippen LogP contribution in [0.2, 0.25) is 0 Å². The third kappa shape index (κ3) is 5.44. The lowest BCUT2D eigenvalue weighted by Gasteiger charge is -2.40. The average Bonchev–Trinajstić information content (AvgIpc) is 3.50. The van der Waals surface area contributed by atoms with Crippen molar-refractivity contribution in [1.29, 1.82) is 0 Å². The third-order valence-corrected chi connectivity index (χ3v) is 9.50. The maximum atomic E-state index is 13.4. The van der Waals surface area contributed by atoms with Crippen LogP contribution in [0.3, 0.4) is 0 Å². The Morgan fingerprint density at radius 2 is 2.00 bits per heavy atom. The number of fused-ring (bicyclic) bond motifs is 9. The van der Waals surface area contributed by atoms with Crippen molar-refractivity contribution in [1.82, 2.24) is 24.9 Å². The van der Waals surface area contributed by atoms with Gasteiger partial charge in [0.25, 0.3) is 0 Å². The van der Waals surface area contributed by atoms with Gasteiger partial charge in [0.15, 0.2) is 11.5 Å². The van der Waals surface area contributed by atoms with Gasteiger partial charge in [-0.25, -0.2) is 0 Å². The summed E-state index contributed by atoms with van der Waals surface area (Å²) in [6.07, 6.45) is 2.05. The molecule has 1 spiro atoms. The standard InChI is InChI=1S/C31H43N5O5/c1-4-36-22(3)25(21(2)33-36)15-34-16-26-24-7-5-8-27-29(24)41-20-31(26,19-34)18-32-28(37)17-35(11-6-12-40-27)30(38)23-9-13-39-14-10-23/h5,7-8,23,26H,4,6,9-20H2,1-3H3,(H,32,37)/t26-,31+/m0/s1. The summed E-state index contributed by atoms with van der Waals surface area (Å²) in [7, 11) is 0. The van der Waals surface area contributed by atoms with Gasteiger partial charge in [0.05, 0.1) is 25.5 Å². The predicted octanol–water partition coefficient (Wildman–Crippen LogP) is 2.65. The van der Waals surface area contributed by atoms with E-state index in [0.29, 0.717) is 58.8 Å². The summed E-state index contributed by atoms with van der Waals surface area (Å²) < 4.78 is 20.2. The van der Waals surface area contributed by atoms with Crippen LogP contribution in [0.4, 0.5) is 0 Å². The van der Waals surface area contributed by atoms with E-state index in [1.54, 1.807) is 4.90 Å². The third-order valence-electron chi connectivity index (χ3n) is 9.50. The number of nitrogens with one attached hydrogen (secondary N) is 1. The Kier molecular flexibility index (Phi) is 7.96. The fraction of sp³-hybridized carbons (Fsp3) is 0.645. The molecule has 1 aromatic carbocycles. The first-order chi connectivity index (χ1) is 19.9. The average molecular weight is 566 g/mol. The number of likely N-dealkylation sites (tertiary alicyclic amines) is 1. The van der Waals surface area contributed by atoms with E-state index in [-0.39, 0.29) is 35.6 Å². The van der Waals surface area contributed by atoms with Crippen LogP contribution in [-0.2, 0) is 27.4 Å². The molecule has 6 heterocycles. The van der Waals surface area contributed by atoms with E-state index in [0.717, 1.165) is 48.9 Å². The molecule has 2 atom stereocenters. The Hall–Kier alpha value is -3.11. The lowest BCUT2D eigenvalue weighted by molar-refractivity contribution is -0.142. The Balaban J connectivity index is 1.27. The lowest BCUT2D eigenvalue weighted by atomic mass is 9.73. The molecular formula is C31H43N5O5. The number of amides is 2. The predicted molar refractivity (Wildman–Crippen MR) is 153 cm³/mol. The van der Waals surface area contributed by atoms with Crippen LogP contribution >= 0.6 is 0 Å². The lowest BCUT2D eigenvalue weighted by Crippen LogP contribution is -2.51. The second kappa shape index (κ2) is 11.6. The molecule has 1 aromatic heterocycles. The van der Waals surface area contributed by atoms with Crippen molar-refractivity contribution in [3.05, 3.63) is 40.7 Å². The zero-order chi connectivity index (χ0) is 28.6. The van der Waals surface area contributed by atoms with E-state index in [1.165, 1.54) is 11.3 Å². The highest BCUT2D eigenvalue weighted by Crippen LogP contribution is 2.52. The molecule has 2 amide bonds. The summed E-state index contributed by atoms with van der Waals surface area (Å²) in [6, 6.07) is 6.17. The first-order valence-corrected chi connectivity index (χ1v) is 15.2. The topological polar surface area (TPSA) is 98.2 Å². The SMILES string of the molecule is CCn1nc(C)c(CN2C[C@H]3c4cccc5c4OC[C@@]3(CNC(=O)CN(C(=O)C3CCOCC3)CCCO5)C2)c1C. The van der Waals surface area contributed by atoms with Crippen LogP contribution in [0, 0.1) is 25.2 Å². The molecule has 5 aliphatic rings. The number of carbonyl (C=O) groups excluding carboxylic acids is 2. The number of ether oxygens (including phenoxy) is 3. The van der Waals surface area contributed by atoms with Crippen molar-refractivity contribution in [2.75, 3.05) is 59.2 Å². The minimum absolute atomic E-state index is 0.0478. The Morgan fingerprint density at radius 1 is 1.17 bits per heavy atom. The van der Waals surface area contributed by atoms with Crippen molar-refractivity contribution in [3.63, 3.8) is 0 Å². The number of hydrogen-bond acceptors (Lipinski definition) is 7. The molecule has 2 fully saturated rings. The number of hydrogen-bond donors (Lipinski definition) is 1. The van der Waals surface area contributed by atoms with E-state index in [2.05, 4.69) is 41.7 Å². The summed E-state index contributed by atoms with van der Waals surface area (Å²) >= 11 is 0. The molecule has 7 rings (SSSR count). The Morgan fingerprint density at radius 3 is 2.78 bits per heavy atom. The molecule has 41 heavy (non-hydrogen) atoms. The maximum absolute atomic E-state index is 13.4. The molecule has 0 saturated carbocycles. The molecule has 0 unspecified atom stereocenters. The van der Waals surface area contributed by atoms with Gasteiger partial charge in [-0.2, -0.15) is 5.10 Å². The Labute approximate surface area is 242 Å². The van der Waals surface area contributed by atoms with Crippen LogP contribution in [0.25, 0.3) is 0 Å². The highest BCUT2D eigenvalue weighted by Gasteiger charge is 2.52. The van der Waals surface area contributed by atoms with Crippen LogP contribution in [0.15, 0.2) is 18.2 Å². The number of rotatable bonds is 4. The molecule has 0 aliphatic carbocycles. The monoisotopic (exact) mass is 565 g/mol. The summed E-state index contributed by atoms with van der Waals surface area (Å²) in [4.78, 5) is 31.0. The summed E-state index contributed by atoms with van der Waals surface area (Å²) in [5.41, 5.74) is 4.42.